The fraction of sp³-hybridized carbons (Fsp3) is 0.333. The Hall–Kier alpha value is -1.88. The van der Waals surface area contributed by atoms with Gasteiger partial charge >= 0.3 is 5.97 Å². The van der Waals surface area contributed by atoms with Crippen LogP contribution in [-0.2, 0) is 4.79 Å². The van der Waals surface area contributed by atoms with Gasteiger partial charge in [-0.3, -0.25) is 9.59 Å². The molecule has 0 aromatic heterocycles. The minimum atomic E-state index is -0.368. The van der Waals surface area contributed by atoms with E-state index in [0.29, 0.717) is 36.3 Å². The summed E-state index contributed by atoms with van der Waals surface area (Å²) < 4.78 is 10.1. The number of methoxy groups -OCH3 is 1. The zero-order valence-electron chi connectivity index (χ0n) is 9.64. The fourth-order valence-corrected chi connectivity index (χ4v) is 1.26. The number of esters is 1. The Labute approximate surface area is 99.5 Å². The summed E-state index contributed by atoms with van der Waals surface area (Å²) in [5, 5.41) is 0. The highest BCUT2D eigenvalue weighted by Crippen LogP contribution is 2.27. The molecule has 1 rings (SSSR count). The summed E-state index contributed by atoms with van der Waals surface area (Å²) in [4.78, 5) is 22.0. The van der Waals surface area contributed by atoms with E-state index in [1.807, 2.05) is 0 Å². The van der Waals surface area contributed by atoms with Gasteiger partial charge in [0.2, 0.25) is 0 Å². The molecular weight excluding hydrogens is 222 g/mol. The predicted octanol–water partition coefficient (Wildman–Crippen LogP) is 1.15. The highest BCUT2D eigenvalue weighted by Gasteiger charge is 2.10. The Morgan fingerprint density at radius 2 is 2.18 bits per heavy atom. The first kappa shape index (κ1) is 13.2. The van der Waals surface area contributed by atoms with Crippen LogP contribution in [0.3, 0.4) is 0 Å². The number of rotatable bonds is 6. The summed E-state index contributed by atoms with van der Waals surface area (Å²) in [6.45, 7) is 0.441. The Morgan fingerprint density at radius 3 is 2.76 bits per heavy atom. The van der Waals surface area contributed by atoms with Crippen molar-refractivity contribution in [2.24, 2.45) is 5.73 Å². The number of hydrogen-bond donors (Lipinski definition) is 1. The lowest BCUT2D eigenvalue weighted by atomic mass is 10.2. The number of aldehydes is 1. The summed E-state index contributed by atoms with van der Waals surface area (Å²) >= 11 is 0. The van der Waals surface area contributed by atoms with Gasteiger partial charge < -0.3 is 15.2 Å². The zero-order valence-corrected chi connectivity index (χ0v) is 9.64. The van der Waals surface area contributed by atoms with Gasteiger partial charge in [0.1, 0.15) is 6.29 Å². The van der Waals surface area contributed by atoms with E-state index in [1.54, 1.807) is 6.07 Å². The molecule has 5 nitrogen and oxygen atoms in total. The SMILES string of the molecule is COc1cc(C=O)ccc1OC(=O)CCCN. The molecule has 0 saturated heterocycles. The molecule has 0 spiro atoms. The Balaban J connectivity index is 2.76. The minimum absolute atomic E-state index is 0.259. The van der Waals surface area contributed by atoms with Crippen molar-refractivity contribution in [3.05, 3.63) is 23.8 Å². The van der Waals surface area contributed by atoms with E-state index in [1.165, 1.54) is 19.2 Å². The number of nitrogens with two attached hydrogens (primary N) is 1. The molecule has 0 aliphatic rings. The molecule has 0 bridgehead atoms. The van der Waals surface area contributed by atoms with Crippen LogP contribution in [0.4, 0.5) is 0 Å². The second-order valence-corrected chi connectivity index (χ2v) is 3.39. The monoisotopic (exact) mass is 237 g/mol. The third-order valence-corrected chi connectivity index (χ3v) is 2.13. The quantitative estimate of drug-likeness (QED) is 0.456. The van der Waals surface area contributed by atoms with Crippen molar-refractivity contribution in [3.63, 3.8) is 0 Å². The maximum Gasteiger partial charge on any atom is 0.311 e. The van der Waals surface area contributed by atoms with Gasteiger partial charge in [-0.05, 0) is 31.2 Å². The van der Waals surface area contributed by atoms with E-state index in [0.717, 1.165) is 0 Å². The van der Waals surface area contributed by atoms with Gasteiger partial charge in [0, 0.05) is 12.0 Å². The third kappa shape index (κ3) is 3.88. The second kappa shape index (κ2) is 6.65. The number of carbonyl (C=O) groups excluding carboxylic acids is 2. The summed E-state index contributed by atoms with van der Waals surface area (Å²) in [5.74, 6) is 0.295. The molecular formula is C12H15NO4. The number of carbonyl (C=O) groups is 2. The Morgan fingerprint density at radius 1 is 1.41 bits per heavy atom. The van der Waals surface area contributed by atoms with Crippen molar-refractivity contribution in [3.8, 4) is 11.5 Å². The van der Waals surface area contributed by atoms with Crippen molar-refractivity contribution in [2.45, 2.75) is 12.8 Å². The molecule has 5 heteroatoms. The molecule has 0 aliphatic heterocycles. The van der Waals surface area contributed by atoms with Gasteiger partial charge in [-0.15, -0.1) is 0 Å². The molecule has 0 fully saturated rings. The molecule has 0 saturated carbocycles. The van der Waals surface area contributed by atoms with Crippen molar-refractivity contribution in [1.29, 1.82) is 0 Å². The highest BCUT2D eigenvalue weighted by atomic mass is 16.6. The molecule has 1 aromatic carbocycles. The van der Waals surface area contributed by atoms with Crippen LogP contribution >= 0.6 is 0 Å². The lowest BCUT2D eigenvalue weighted by molar-refractivity contribution is -0.134. The van der Waals surface area contributed by atoms with Gasteiger partial charge in [-0.2, -0.15) is 0 Å². The summed E-state index contributed by atoms with van der Waals surface area (Å²) in [6.07, 6.45) is 1.53. The molecule has 0 radical (unpaired) electrons. The van der Waals surface area contributed by atoms with Crippen LogP contribution < -0.4 is 15.2 Å². The smallest absolute Gasteiger partial charge is 0.311 e. The first-order valence-electron chi connectivity index (χ1n) is 5.25. The minimum Gasteiger partial charge on any atom is -0.493 e. The van der Waals surface area contributed by atoms with E-state index < -0.39 is 0 Å². The van der Waals surface area contributed by atoms with Crippen molar-refractivity contribution < 1.29 is 19.1 Å². The molecule has 0 heterocycles. The second-order valence-electron chi connectivity index (χ2n) is 3.39. The first-order chi connectivity index (χ1) is 8.21. The van der Waals surface area contributed by atoms with Crippen LogP contribution in [0.25, 0.3) is 0 Å². The van der Waals surface area contributed by atoms with Crippen LogP contribution in [0.5, 0.6) is 11.5 Å². The average molecular weight is 237 g/mol. The molecule has 0 amide bonds. The lowest BCUT2D eigenvalue weighted by Gasteiger charge is -2.09. The Bertz CT molecular complexity index is 403. The first-order valence-corrected chi connectivity index (χ1v) is 5.25. The summed E-state index contributed by atoms with van der Waals surface area (Å²) in [6, 6.07) is 4.60. The van der Waals surface area contributed by atoms with Crippen LogP contribution in [0.1, 0.15) is 23.2 Å². The summed E-state index contributed by atoms with van der Waals surface area (Å²) in [5.41, 5.74) is 5.75. The largest absolute Gasteiger partial charge is 0.493 e. The molecule has 0 aliphatic carbocycles. The standard InChI is InChI=1S/C12H15NO4/c1-16-11-7-9(8-14)4-5-10(11)17-12(15)3-2-6-13/h4-5,7-8H,2-3,6,13H2,1H3. The predicted molar refractivity (Wildman–Crippen MR) is 62.3 cm³/mol. The molecule has 2 N–H and O–H groups in total. The van der Waals surface area contributed by atoms with Gasteiger partial charge in [-0.1, -0.05) is 0 Å². The topological polar surface area (TPSA) is 78.6 Å². The number of ether oxygens (including phenoxy) is 2. The van der Waals surface area contributed by atoms with Crippen LogP contribution in [0, 0.1) is 0 Å². The van der Waals surface area contributed by atoms with E-state index >= 15 is 0 Å². The summed E-state index contributed by atoms with van der Waals surface area (Å²) in [7, 11) is 1.45. The Kier molecular flexibility index (Phi) is 5.16. The van der Waals surface area contributed by atoms with Gasteiger partial charge in [0.15, 0.2) is 11.5 Å². The number of benzene rings is 1. The van der Waals surface area contributed by atoms with E-state index in [4.69, 9.17) is 15.2 Å². The van der Waals surface area contributed by atoms with Crippen LogP contribution in [-0.4, -0.2) is 25.9 Å². The average Bonchev–Trinajstić information content (AvgIpc) is 2.36. The van der Waals surface area contributed by atoms with Crippen molar-refractivity contribution in [2.75, 3.05) is 13.7 Å². The molecule has 0 atom stereocenters. The normalized spacial score (nSPS) is 9.76. The maximum absolute atomic E-state index is 11.4. The molecule has 92 valence electrons. The highest BCUT2D eigenvalue weighted by molar-refractivity contribution is 5.78. The molecule has 17 heavy (non-hydrogen) atoms. The van der Waals surface area contributed by atoms with E-state index in [9.17, 15) is 9.59 Å². The maximum atomic E-state index is 11.4. The van der Waals surface area contributed by atoms with Crippen LogP contribution in [0.2, 0.25) is 0 Å². The number of hydrogen-bond acceptors (Lipinski definition) is 5. The van der Waals surface area contributed by atoms with Gasteiger partial charge in [0.25, 0.3) is 0 Å². The zero-order chi connectivity index (χ0) is 12.7. The lowest BCUT2D eigenvalue weighted by Crippen LogP contribution is -2.11. The van der Waals surface area contributed by atoms with E-state index in [-0.39, 0.29) is 12.4 Å². The third-order valence-electron chi connectivity index (χ3n) is 2.13. The van der Waals surface area contributed by atoms with Crippen molar-refractivity contribution in [1.82, 2.24) is 0 Å². The van der Waals surface area contributed by atoms with E-state index in [2.05, 4.69) is 0 Å². The molecule has 1 aromatic rings. The van der Waals surface area contributed by atoms with Crippen LogP contribution in [0.15, 0.2) is 18.2 Å². The van der Waals surface area contributed by atoms with Gasteiger partial charge in [-0.25, -0.2) is 0 Å². The fourth-order valence-electron chi connectivity index (χ4n) is 1.26. The molecule has 0 unspecified atom stereocenters. The van der Waals surface area contributed by atoms with Crippen molar-refractivity contribution >= 4 is 12.3 Å². The van der Waals surface area contributed by atoms with Gasteiger partial charge in [0.05, 0.1) is 7.11 Å².